The third-order valence-electron chi connectivity index (χ3n) is 4.06. The fraction of sp³-hybridized carbons (Fsp3) is 0.533. The summed E-state index contributed by atoms with van der Waals surface area (Å²) in [4.78, 5) is 13.9. The first-order chi connectivity index (χ1) is 10.7. The maximum Gasteiger partial charge on any atom is 0.253 e. The normalized spacial score (nSPS) is 16.8. The molecule has 8 heteroatoms. The van der Waals surface area contributed by atoms with E-state index in [1.807, 2.05) is 0 Å². The van der Waals surface area contributed by atoms with E-state index in [2.05, 4.69) is 0 Å². The van der Waals surface area contributed by atoms with Gasteiger partial charge < -0.3 is 4.90 Å². The molecule has 1 aliphatic heterocycles. The van der Waals surface area contributed by atoms with Crippen LogP contribution in [0.2, 0.25) is 0 Å². The fourth-order valence-electron chi connectivity index (χ4n) is 2.93. The Kier molecular flexibility index (Phi) is 5.36. The molecule has 128 valence electrons. The molecule has 1 aliphatic rings. The Hall–Kier alpha value is -1.54. The van der Waals surface area contributed by atoms with Crippen LogP contribution in [0.15, 0.2) is 18.2 Å². The molecule has 1 aromatic carbocycles. The minimum Gasteiger partial charge on any atom is -0.339 e. The SMILES string of the molecule is CCN(C1CCN(C(=O)c2ccc(F)c(F)c2)CC1)S(C)(=O)=O. The molecule has 0 aliphatic carbocycles. The molecule has 2 rings (SSSR count). The van der Waals surface area contributed by atoms with E-state index >= 15 is 0 Å². The van der Waals surface area contributed by atoms with Gasteiger partial charge >= 0.3 is 0 Å². The molecule has 0 N–H and O–H groups in total. The number of sulfonamides is 1. The summed E-state index contributed by atoms with van der Waals surface area (Å²) in [5, 5.41) is 0. The largest absolute Gasteiger partial charge is 0.339 e. The summed E-state index contributed by atoms with van der Waals surface area (Å²) in [7, 11) is -3.28. The van der Waals surface area contributed by atoms with Gasteiger partial charge in [0.25, 0.3) is 5.91 Å². The molecule has 5 nitrogen and oxygen atoms in total. The van der Waals surface area contributed by atoms with E-state index in [9.17, 15) is 22.0 Å². The highest BCUT2D eigenvalue weighted by molar-refractivity contribution is 7.88. The Balaban J connectivity index is 2.03. The van der Waals surface area contributed by atoms with Crippen molar-refractivity contribution in [2.24, 2.45) is 0 Å². The van der Waals surface area contributed by atoms with Crippen molar-refractivity contribution in [3.8, 4) is 0 Å². The summed E-state index contributed by atoms with van der Waals surface area (Å²) in [6, 6.07) is 2.93. The zero-order chi connectivity index (χ0) is 17.2. The molecule has 0 unspecified atom stereocenters. The van der Waals surface area contributed by atoms with E-state index in [0.29, 0.717) is 32.5 Å². The second-order valence-electron chi connectivity index (χ2n) is 5.62. The van der Waals surface area contributed by atoms with Crippen molar-refractivity contribution in [1.29, 1.82) is 0 Å². The molecule has 0 spiro atoms. The van der Waals surface area contributed by atoms with Crippen molar-refractivity contribution in [1.82, 2.24) is 9.21 Å². The molecule has 0 bridgehead atoms. The second kappa shape index (κ2) is 6.92. The minimum absolute atomic E-state index is 0.0952. The molecule has 1 saturated heterocycles. The molecule has 1 fully saturated rings. The predicted octanol–water partition coefficient (Wildman–Crippen LogP) is 1.85. The van der Waals surface area contributed by atoms with Crippen LogP contribution < -0.4 is 0 Å². The summed E-state index contributed by atoms with van der Waals surface area (Å²) in [5.41, 5.74) is 0.0952. The number of hydrogen-bond donors (Lipinski definition) is 0. The summed E-state index contributed by atoms with van der Waals surface area (Å²) < 4.78 is 51.1. The van der Waals surface area contributed by atoms with Crippen LogP contribution >= 0.6 is 0 Å². The zero-order valence-electron chi connectivity index (χ0n) is 13.1. The molecule has 1 heterocycles. The molecular weight excluding hydrogens is 326 g/mol. The van der Waals surface area contributed by atoms with Crippen molar-refractivity contribution < 1.29 is 22.0 Å². The maximum absolute atomic E-state index is 13.2. The lowest BCUT2D eigenvalue weighted by Gasteiger charge is -2.36. The highest BCUT2D eigenvalue weighted by atomic mass is 32.2. The summed E-state index contributed by atoms with van der Waals surface area (Å²) in [5.74, 6) is -2.42. The van der Waals surface area contributed by atoms with Gasteiger partial charge in [0.1, 0.15) is 0 Å². The maximum atomic E-state index is 13.2. The van der Waals surface area contributed by atoms with Gasteiger partial charge in [-0.2, -0.15) is 4.31 Å². The topological polar surface area (TPSA) is 57.7 Å². The number of benzene rings is 1. The van der Waals surface area contributed by atoms with Gasteiger partial charge in [-0.1, -0.05) is 6.92 Å². The van der Waals surface area contributed by atoms with E-state index in [4.69, 9.17) is 0 Å². The highest BCUT2D eigenvalue weighted by Gasteiger charge is 2.30. The van der Waals surface area contributed by atoms with Crippen LogP contribution in [0.4, 0.5) is 8.78 Å². The van der Waals surface area contributed by atoms with E-state index in [0.717, 1.165) is 12.1 Å². The van der Waals surface area contributed by atoms with E-state index < -0.39 is 21.7 Å². The summed E-state index contributed by atoms with van der Waals surface area (Å²) >= 11 is 0. The Morgan fingerprint density at radius 2 is 1.87 bits per heavy atom. The molecular formula is C15H20F2N2O3S. The first-order valence-corrected chi connectivity index (χ1v) is 9.30. The molecule has 0 saturated carbocycles. The number of rotatable bonds is 4. The van der Waals surface area contributed by atoms with E-state index in [-0.39, 0.29) is 17.5 Å². The Morgan fingerprint density at radius 3 is 2.35 bits per heavy atom. The zero-order valence-corrected chi connectivity index (χ0v) is 13.9. The quantitative estimate of drug-likeness (QED) is 0.836. The first kappa shape index (κ1) is 17.8. The average Bonchev–Trinajstić information content (AvgIpc) is 2.49. The number of piperidine rings is 1. The third kappa shape index (κ3) is 4.06. The molecule has 0 atom stereocenters. The van der Waals surface area contributed by atoms with Gasteiger partial charge in [-0.05, 0) is 31.0 Å². The van der Waals surface area contributed by atoms with Gasteiger partial charge in [0, 0.05) is 31.2 Å². The molecule has 0 radical (unpaired) electrons. The number of carbonyl (C=O) groups is 1. The summed E-state index contributed by atoms with van der Waals surface area (Å²) in [6.45, 7) is 2.93. The van der Waals surface area contributed by atoms with Crippen LogP contribution in [0.5, 0.6) is 0 Å². The van der Waals surface area contributed by atoms with Crippen molar-refractivity contribution in [3.05, 3.63) is 35.4 Å². The highest BCUT2D eigenvalue weighted by Crippen LogP contribution is 2.21. The van der Waals surface area contributed by atoms with Gasteiger partial charge in [0.15, 0.2) is 11.6 Å². The monoisotopic (exact) mass is 346 g/mol. The fourth-order valence-corrected chi connectivity index (χ4v) is 4.15. The Bertz CT molecular complexity index is 686. The number of nitrogens with zero attached hydrogens (tertiary/aromatic N) is 2. The molecule has 1 amide bonds. The smallest absolute Gasteiger partial charge is 0.253 e. The van der Waals surface area contributed by atoms with E-state index in [1.165, 1.54) is 16.6 Å². The van der Waals surface area contributed by atoms with Crippen LogP contribution in [-0.2, 0) is 10.0 Å². The van der Waals surface area contributed by atoms with Crippen LogP contribution in [0.25, 0.3) is 0 Å². The number of amides is 1. The number of hydrogen-bond acceptors (Lipinski definition) is 3. The van der Waals surface area contributed by atoms with E-state index in [1.54, 1.807) is 11.8 Å². The van der Waals surface area contributed by atoms with Crippen molar-refractivity contribution in [3.63, 3.8) is 0 Å². The van der Waals surface area contributed by atoms with Crippen molar-refractivity contribution in [2.75, 3.05) is 25.9 Å². The van der Waals surface area contributed by atoms with Gasteiger partial charge in [-0.15, -0.1) is 0 Å². The number of carbonyl (C=O) groups excluding carboxylic acids is 1. The third-order valence-corrected chi connectivity index (χ3v) is 5.47. The molecule has 0 aromatic heterocycles. The second-order valence-corrected chi connectivity index (χ2v) is 7.55. The predicted molar refractivity (Wildman–Crippen MR) is 82.5 cm³/mol. The van der Waals surface area contributed by atoms with Crippen LogP contribution in [0, 0.1) is 11.6 Å². The number of likely N-dealkylation sites (tertiary alicyclic amines) is 1. The molecule has 23 heavy (non-hydrogen) atoms. The van der Waals surface area contributed by atoms with Crippen LogP contribution in [0.1, 0.15) is 30.1 Å². The Morgan fingerprint density at radius 1 is 1.26 bits per heavy atom. The lowest BCUT2D eigenvalue weighted by Crippen LogP contribution is -2.48. The van der Waals surface area contributed by atoms with Crippen LogP contribution in [-0.4, -0.2) is 55.5 Å². The van der Waals surface area contributed by atoms with Gasteiger partial charge in [-0.3, -0.25) is 4.79 Å². The van der Waals surface area contributed by atoms with Crippen molar-refractivity contribution >= 4 is 15.9 Å². The van der Waals surface area contributed by atoms with Gasteiger partial charge in [0.05, 0.1) is 6.26 Å². The van der Waals surface area contributed by atoms with Crippen LogP contribution in [0.3, 0.4) is 0 Å². The van der Waals surface area contributed by atoms with Gasteiger partial charge in [0.2, 0.25) is 10.0 Å². The average molecular weight is 346 g/mol. The summed E-state index contributed by atoms with van der Waals surface area (Å²) in [6.07, 6.45) is 2.22. The van der Waals surface area contributed by atoms with Crippen molar-refractivity contribution in [2.45, 2.75) is 25.8 Å². The first-order valence-electron chi connectivity index (χ1n) is 7.45. The number of halogens is 2. The standard InChI is InChI=1S/C15H20F2N2O3S/c1-3-19(23(2,21)22)12-6-8-18(9-7-12)15(20)11-4-5-13(16)14(17)10-11/h4-5,10,12H,3,6-9H2,1-2H3. The molecule has 1 aromatic rings. The Labute approximate surface area is 134 Å². The lowest BCUT2D eigenvalue weighted by molar-refractivity contribution is 0.0680. The van der Waals surface area contributed by atoms with Gasteiger partial charge in [-0.25, -0.2) is 17.2 Å². The minimum atomic E-state index is -3.28. The lowest BCUT2D eigenvalue weighted by atomic mass is 10.0.